The number of hydrogen-bond acceptors (Lipinski definition) is 3. The van der Waals surface area contributed by atoms with Gasteiger partial charge in [-0.25, -0.2) is 4.39 Å². The summed E-state index contributed by atoms with van der Waals surface area (Å²) in [5.41, 5.74) is 3.39. The lowest BCUT2D eigenvalue weighted by molar-refractivity contribution is 0.318. The molecule has 3 N–H and O–H groups in total. The number of halogens is 1. The van der Waals surface area contributed by atoms with Gasteiger partial charge >= 0.3 is 0 Å². The smallest absolute Gasteiger partial charge is 0.131 e. The molecule has 0 fully saturated rings. The summed E-state index contributed by atoms with van der Waals surface area (Å²) in [4.78, 5) is 0. The lowest BCUT2D eigenvalue weighted by Gasteiger charge is -2.26. The Balaban J connectivity index is 2.94. The van der Waals surface area contributed by atoms with Crippen LogP contribution < -0.4 is 16.0 Å². The molecular formula is C15H25FN2O. The topological polar surface area (TPSA) is 47.3 Å². The third kappa shape index (κ3) is 4.18. The SMILES string of the molecule is CCCCC(CC)C(NN)c1ccc(OC)cc1F. The summed E-state index contributed by atoms with van der Waals surface area (Å²) in [5, 5.41) is 0. The Labute approximate surface area is 115 Å². The average Bonchev–Trinajstić information content (AvgIpc) is 2.44. The molecule has 4 heteroatoms. The second kappa shape index (κ2) is 8.12. The van der Waals surface area contributed by atoms with Crippen molar-refractivity contribution in [2.45, 2.75) is 45.6 Å². The Morgan fingerprint density at radius 1 is 1.37 bits per heavy atom. The largest absolute Gasteiger partial charge is 0.497 e. The minimum absolute atomic E-state index is 0.151. The number of hydrazine groups is 1. The van der Waals surface area contributed by atoms with E-state index in [0.29, 0.717) is 17.2 Å². The molecule has 0 heterocycles. The third-order valence-electron chi connectivity index (χ3n) is 3.65. The Morgan fingerprint density at radius 2 is 2.11 bits per heavy atom. The molecule has 1 aromatic carbocycles. The highest BCUT2D eigenvalue weighted by Crippen LogP contribution is 2.31. The Hall–Kier alpha value is -1.13. The fraction of sp³-hybridized carbons (Fsp3) is 0.600. The second-order valence-electron chi connectivity index (χ2n) is 4.84. The summed E-state index contributed by atoms with van der Waals surface area (Å²) in [7, 11) is 1.53. The van der Waals surface area contributed by atoms with Crippen LogP contribution in [0.1, 0.15) is 51.1 Å². The summed E-state index contributed by atoms with van der Waals surface area (Å²) >= 11 is 0. The highest BCUT2D eigenvalue weighted by atomic mass is 19.1. The second-order valence-corrected chi connectivity index (χ2v) is 4.84. The van der Waals surface area contributed by atoms with Crippen LogP contribution in [-0.2, 0) is 0 Å². The van der Waals surface area contributed by atoms with E-state index < -0.39 is 0 Å². The number of methoxy groups -OCH3 is 1. The van der Waals surface area contributed by atoms with Gasteiger partial charge in [-0.1, -0.05) is 39.2 Å². The summed E-state index contributed by atoms with van der Waals surface area (Å²) in [6, 6.07) is 4.79. The van der Waals surface area contributed by atoms with Crippen LogP contribution in [0.2, 0.25) is 0 Å². The maximum atomic E-state index is 14.1. The maximum Gasteiger partial charge on any atom is 0.131 e. The number of ether oxygens (including phenoxy) is 1. The molecule has 108 valence electrons. The van der Waals surface area contributed by atoms with E-state index in [4.69, 9.17) is 10.6 Å². The molecule has 0 amide bonds. The Morgan fingerprint density at radius 3 is 2.58 bits per heavy atom. The Bertz CT molecular complexity index is 384. The normalized spacial score (nSPS) is 14.2. The zero-order chi connectivity index (χ0) is 14.3. The van der Waals surface area contributed by atoms with E-state index in [1.807, 2.05) is 0 Å². The van der Waals surface area contributed by atoms with Crippen molar-refractivity contribution in [1.82, 2.24) is 5.43 Å². The Kier molecular flexibility index (Phi) is 6.81. The molecule has 0 saturated carbocycles. The molecule has 0 aliphatic rings. The lowest BCUT2D eigenvalue weighted by Crippen LogP contribution is -2.34. The van der Waals surface area contributed by atoms with Crippen LogP contribution in [0.3, 0.4) is 0 Å². The third-order valence-corrected chi connectivity index (χ3v) is 3.65. The number of nitrogens with two attached hydrogens (primary N) is 1. The predicted molar refractivity (Wildman–Crippen MR) is 76.3 cm³/mol. The molecule has 0 radical (unpaired) electrons. The van der Waals surface area contributed by atoms with Crippen molar-refractivity contribution in [3.63, 3.8) is 0 Å². The summed E-state index contributed by atoms with van der Waals surface area (Å²) in [5.74, 6) is 6.25. The summed E-state index contributed by atoms with van der Waals surface area (Å²) in [6.07, 6.45) is 4.29. The van der Waals surface area contributed by atoms with Crippen LogP contribution in [0.25, 0.3) is 0 Å². The summed E-state index contributed by atoms with van der Waals surface area (Å²) < 4.78 is 19.1. The van der Waals surface area contributed by atoms with Gasteiger partial charge in [-0.3, -0.25) is 11.3 Å². The van der Waals surface area contributed by atoms with Crippen LogP contribution in [-0.4, -0.2) is 7.11 Å². The van der Waals surface area contributed by atoms with Crippen LogP contribution in [0.4, 0.5) is 4.39 Å². The quantitative estimate of drug-likeness (QED) is 0.560. The molecule has 0 aliphatic carbocycles. The first kappa shape index (κ1) is 15.9. The zero-order valence-electron chi connectivity index (χ0n) is 12.1. The average molecular weight is 268 g/mol. The van der Waals surface area contributed by atoms with Gasteiger partial charge in [-0.05, 0) is 18.4 Å². The van der Waals surface area contributed by atoms with Crippen molar-refractivity contribution < 1.29 is 9.13 Å². The monoisotopic (exact) mass is 268 g/mol. The van der Waals surface area contributed by atoms with Gasteiger partial charge in [-0.2, -0.15) is 0 Å². The molecule has 2 unspecified atom stereocenters. The van der Waals surface area contributed by atoms with Gasteiger partial charge in [0.15, 0.2) is 0 Å². The molecule has 3 nitrogen and oxygen atoms in total. The maximum absolute atomic E-state index is 14.1. The van der Waals surface area contributed by atoms with Crippen LogP contribution in [0.5, 0.6) is 5.75 Å². The van der Waals surface area contributed by atoms with Crippen LogP contribution in [0.15, 0.2) is 18.2 Å². The van der Waals surface area contributed by atoms with Crippen molar-refractivity contribution in [2.75, 3.05) is 7.11 Å². The highest BCUT2D eigenvalue weighted by Gasteiger charge is 2.23. The van der Waals surface area contributed by atoms with Gasteiger partial charge in [0.2, 0.25) is 0 Å². The van der Waals surface area contributed by atoms with Gasteiger partial charge < -0.3 is 4.74 Å². The van der Waals surface area contributed by atoms with Crippen molar-refractivity contribution in [1.29, 1.82) is 0 Å². The van der Waals surface area contributed by atoms with E-state index in [1.54, 1.807) is 12.1 Å². The van der Waals surface area contributed by atoms with Gasteiger partial charge in [0.05, 0.1) is 13.2 Å². The van der Waals surface area contributed by atoms with Crippen molar-refractivity contribution in [3.05, 3.63) is 29.6 Å². The van der Waals surface area contributed by atoms with E-state index in [9.17, 15) is 4.39 Å². The first-order chi connectivity index (χ1) is 9.17. The van der Waals surface area contributed by atoms with Gasteiger partial charge in [0.1, 0.15) is 11.6 Å². The van der Waals surface area contributed by atoms with Crippen molar-refractivity contribution in [2.24, 2.45) is 11.8 Å². The highest BCUT2D eigenvalue weighted by molar-refractivity contribution is 5.31. The van der Waals surface area contributed by atoms with Crippen LogP contribution >= 0.6 is 0 Å². The number of rotatable bonds is 8. The first-order valence-electron chi connectivity index (χ1n) is 6.97. The number of hydrogen-bond donors (Lipinski definition) is 2. The molecule has 0 aliphatic heterocycles. The molecule has 1 rings (SSSR count). The van der Waals surface area contributed by atoms with Gasteiger partial charge in [0, 0.05) is 11.6 Å². The molecule has 1 aromatic rings. The molecule has 2 atom stereocenters. The lowest BCUT2D eigenvalue weighted by atomic mass is 9.87. The zero-order valence-corrected chi connectivity index (χ0v) is 12.1. The van der Waals surface area contributed by atoms with Crippen molar-refractivity contribution >= 4 is 0 Å². The molecule has 19 heavy (non-hydrogen) atoms. The van der Waals surface area contributed by atoms with Gasteiger partial charge in [-0.15, -0.1) is 0 Å². The number of unbranched alkanes of at least 4 members (excludes halogenated alkanes) is 1. The molecule has 0 spiro atoms. The van der Waals surface area contributed by atoms with Gasteiger partial charge in [0.25, 0.3) is 0 Å². The minimum Gasteiger partial charge on any atom is -0.497 e. The van der Waals surface area contributed by atoms with E-state index in [0.717, 1.165) is 25.7 Å². The van der Waals surface area contributed by atoms with E-state index >= 15 is 0 Å². The molecular weight excluding hydrogens is 243 g/mol. The molecule has 0 aromatic heterocycles. The van der Waals surface area contributed by atoms with Crippen molar-refractivity contribution in [3.8, 4) is 5.75 Å². The first-order valence-corrected chi connectivity index (χ1v) is 6.97. The number of nitrogens with one attached hydrogen (secondary N) is 1. The van der Waals surface area contributed by atoms with E-state index in [-0.39, 0.29) is 11.9 Å². The molecule has 0 bridgehead atoms. The van der Waals surface area contributed by atoms with Crippen LogP contribution in [0, 0.1) is 11.7 Å². The van der Waals surface area contributed by atoms with E-state index in [1.165, 1.54) is 13.2 Å². The fourth-order valence-electron chi connectivity index (χ4n) is 2.44. The predicted octanol–water partition coefficient (Wildman–Crippen LogP) is 3.56. The number of benzene rings is 1. The van der Waals surface area contributed by atoms with E-state index in [2.05, 4.69) is 19.3 Å². The fourth-order valence-corrected chi connectivity index (χ4v) is 2.44. The minimum atomic E-state index is -0.266. The standard InChI is InChI=1S/C15H25FN2O/c1-4-6-7-11(5-2)15(18-17)13-9-8-12(19-3)10-14(13)16/h8-11,15,18H,4-7,17H2,1-3H3. The summed E-state index contributed by atoms with van der Waals surface area (Å²) in [6.45, 7) is 4.28. The molecule has 0 saturated heterocycles.